The Balaban J connectivity index is 0.00000256. The normalized spacial score (nSPS) is 10.8. The van der Waals surface area contributed by atoms with Crippen LogP contribution in [0.3, 0.4) is 0 Å². The van der Waals surface area contributed by atoms with Gasteiger partial charge in [-0.1, -0.05) is 36.9 Å². The van der Waals surface area contributed by atoms with Crippen LogP contribution in [0.2, 0.25) is 0 Å². The minimum atomic E-state index is -0.710. The van der Waals surface area contributed by atoms with Crippen molar-refractivity contribution in [1.82, 2.24) is 0 Å². The Kier molecular flexibility index (Phi) is 7.75. The van der Waals surface area contributed by atoms with Crippen molar-refractivity contribution in [2.24, 2.45) is 0 Å². The Hall–Kier alpha value is -0.320. The SMILES string of the molecule is C=Cc1ccc(C[P+](CC)(CC)CC)cc1.[Cl-]. The van der Waals surface area contributed by atoms with Gasteiger partial charge in [0, 0.05) is 7.26 Å². The monoisotopic (exact) mass is 270 g/mol. The Labute approximate surface area is 113 Å². The molecule has 1 aromatic rings. The molecule has 0 saturated heterocycles. The van der Waals surface area contributed by atoms with Crippen molar-refractivity contribution in [3.63, 3.8) is 0 Å². The van der Waals surface area contributed by atoms with E-state index in [-0.39, 0.29) is 12.4 Å². The van der Waals surface area contributed by atoms with Crippen LogP contribution in [0.4, 0.5) is 0 Å². The standard InChI is InChI=1S/C15H24P.ClH/c1-5-14-9-11-15(12-10-14)13-16(6-2,7-3)8-4;/h5,9-12H,1,6-8,13H2,2-4H3;1H/q+1;/p-1. The van der Waals surface area contributed by atoms with Crippen molar-refractivity contribution in [1.29, 1.82) is 0 Å². The summed E-state index contributed by atoms with van der Waals surface area (Å²) in [7, 11) is -0.710. The first-order valence-electron chi connectivity index (χ1n) is 6.26. The van der Waals surface area contributed by atoms with E-state index in [0.29, 0.717) is 0 Å². The lowest BCUT2D eigenvalue weighted by atomic mass is 10.1. The van der Waals surface area contributed by atoms with E-state index in [1.807, 2.05) is 6.08 Å². The zero-order chi connectivity index (χ0) is 12.0. The third-order valence-electron chi connectivity index (χ3n) is 3.75. The van der Waals surface area contributed by atoms with Crippen molar-refractivity contribution in [3.05, 3.63) is 42.0 Å². The summed E-state index contributed by atoms with van der Waals surface area (Å²) < 4.78 is 0. The van der Waals surface area contributed by atoms with Gasteiger partial charge in [0.15, 0.2) is 0 Å². The van der Waals surface area contributed by atoms with Crippen LogP contribution in [0.15, 0.2) is 30.8 Å². The molecule has 0 aliphatic heterocycles. The third-order valence-corrected chi connectivity index (χ3v) is 8.81. The van der Waals surface area contributed by atoms with E-state index < -0.39 is 7.26 Å². The van der Waals surface area contributed by atoms with E-state index in [2.05, 4.69) is 51.6 Å². The van der Waals surface area contributed by atoms with Crippen LogP contribution in [-0.4, -0.2) is 18.5 Å². The number of halogens is 1. The number of benzene rings is 1. The fourth-order valence-corrected chi connectivity index (χ4v) is 5.15. The molecule has 0 saturated carbocycles. The first kappa shape index (κ1) is 16.7. The van der Waals surface area contributed by atoms with Crippen LogP contribution >= 0.6 is 7.26 Å². The van der Waals surface area contributed by atoms with Gasteiger partial charge in [-0.2, -0.15) is 0 Å². The molecule has 96 valence electrons. The van der Waals surface area contributed by atoms with E-state index in [4.69, 9.17) is 0 Å². The summed E-state index contributed by atoms with van der Waals surface area (Å²) in [5, 5.41) is 0. The predicted molar refractivity (Wildman–Crippen MR) is 78.8 cm³/mol. The molecule has 0 amide bonds. The fourth-order valence-electron chi connectivity index (χ4n) is 2.15. The smallest absolute Gasteiger partial charge is 0.0842 e. The number of hydrogen-bond donors (Lipinski definition) is 0. The van der Waals surface area contributed by atoms with Gasteiger partial charge in [-0.3, -0.25) is 0 Å². The molecule has 1 rings (SSSR count). The predicted octanol–water partition coefficient (Wildman–Crippen LogP) is 1.91. The zero-order valence-electron chi connectivity index (χ0n) is 11.2. The minimum absolute atomic E-state index is 0. The van der Waals surface area contributed by atoms with Gasteiger partial charge in [0.2, 0.25) is 0 Å². The van der Waals surface area contributed by atoms with Gasteiger partial charge in [-0.05, 0) is 31.9 Å². The van der Waals surface area contributed by atoms with Crippen LogP contribution in [0.1, 0.15) is 31.9 Å². The lowest BCUT2D eigenvalue weighted by molar-refractivity contribution is -0.00000353. The molecule has 0 atom stereocenters. The first-order chi connectivity index (χ1) is 7.69. The average molecular weight is 271 g/mol. The van der Waals surface area contributed by atoms with E-state index in [0.717, 1.165) is 0 Å². The van der Waals surface area contributed by atoms with Crippen molar-refractivity contribution in [2.45, 2.75) is 26.9 Å². The van der Waals surface area contributed by atoms with Crippen LogP contribution < -0.4 is 12.4 Å². The van der Waals surface area contributed by atoms with Gasteiger partial charge in [-0.25, -0.2) is 0 Å². The Morgan fingerprint density at radius 3 is 1.82 bits per heavy atom. The molecule has 0 N–H and O–H groups in total. The van der Waals surface area contributed by atoms with Crippen molar-refractivity contribution in [3.8, 4) is 0 Å². The summed E-state index contributed by atoms with van der Waals surface area (Å²) in [6, 6.07) is 8.90. The largest absolute Gasteiger partial charge is 1.00 e. The quantitative estimate of drug-likeness (QED) is 0.693. The maximum absolute atomic E-state index is 3.79. The Bertz CT molecular complexity index is 317. The molecule has 0 aliphatic carbocycles. The molecule has 0 aliphatic rings. The zero-order valence-corrected chi connectivity index (χ0v) is 12.9. The summed E-state index contributed by atoms with van der Waals surface area (Å²) in [4.78, 5) is 0. The summed E-state index contributed by atoms with van der Waals surface area (Å²) >= 11 is 0. The maximum Gasteiger partial charge on any atom is 0.0842 e. The molecule has 0 heterocycles. The molecule has 1 aromatic carbocycles. The van der Waals surface area contributed by atoms with Crippen molar-refractivity contribution >= 4 is 13.3 Å². The molecule has 0 radical (unpaired) electrons. The van der Waals surface area contributed by atoms with Gasteiger partial charge in [0.05, 0.1) is 24.6 Å². The molecule has 0 bridgehead atoms. The van der Waals surface area contributed by atoms with Crippen molar-refractivity contribution in [2.75, 3.05) is 18.5 Å². The minimum Gasteiger partial charge on any atom is -1.00 e. The first-order valence-corrected chi connectivity index (χ1v) is 8.79. The molecule has 0 fully saturated rings. The third kappa shape index (κ3) is 4.45. The Morgan fingerprint density at radius 1 is 1.00 bits per heavy atom. The number of hydrogen-bond acceptors (Lipinski definition) is 0. The van der Waals surface area contributed by atoms with Crippen LogP contribution in [0, 0.1) is 0 Å². The maximum atomic E-state index is 3.79. The second kappa shape index (κ2) is 7.90. The van der Waals surface area contributed by atoms with E-state index in [1.54, 1.807) is 0 Å². The number of rotatable bonds is 6. The second-order valence-electron chi connectivity index (χ2n) is 4.39. The van der Waals surface area contributed by atoms with E-state index >= 15 is 0 Å². The molecule has 2 heteroatoms. The van der Waals surface area contributed by atoms with Crippen LogP contribution in [0.25, 0.3) is 6.08 Å². The van der Waals surface area contributed by atoms with Gasteiger partial charge in [0.1, 0.15) is 0 Å². The second-order valence-corrected chi connectivity index (χ2v) is 9.29. The van der Waals surface area contributed by atoms with Gasteiger partial charge >= 0.3 is 0 Å². The van der Waals surface area contributed by atoms with Crippen LogP contribution in [-0.2, 0) is 6.16 Å². The van der Waals surface area contributed by atoms with Gasteiger partial charge in [0.25, 0.3) is 0 Å². The van der Waals surface area contributed by atoms with Crippen molar-refractivity contribution < 1.29 is 12.4 Å². The van der Waals surface area contributed by atoms with Crippen LogP contribution in [0.5, 0.6) is 0 Å². The van der Waals surface area contributed by atoms with E-state index in [1.165, 1.54) is 35.8 Å². The highest BCUT2D eigenvalue weighted by molar-refractivity contribution is 7.75. The fraction of sp³-hybridized carbons (Fsp3) is 0.467. The molecular formula is C15H24ClP. The summed E-state index contributed by atoms with van der Waals surface area (Å²) in [6.07, 6.45) is 7.36. The highest BCUT2D eigenvalue weighted by Crippen LogP contribution is 2.60. The molecule has 17 heavy (non-hydrogen) atoms. The topological polar surface area (TPSA) is 0 Å². The lowest BCUT2D eigenvalue weighted by Gasteiger charge is -2.23. The Morgan fingerprint density at radius 2 is 1.47 bits per heavy atom. The molecule has 0 aromatic heterocycles. The lowest BCUT2D eigenvalue weighted by Crippen LogP contribution is -3.00. The summed E-state index contributed by atoms with van der Waals surface area (Å²) in [6.45, 7) is 10.9. The highest BCUT2D eigenvalue weighted by atomic mass is 35.5. The van der Waals surface area contributed by atoms with Gasteiger partial charge in [-0.15, -0.1) is 0 Å². The highest BCUT2D eigenvalue weighted by Gasteiger charge is 2.30. The molecular weight excluding hydrogens is 247 g/mol. The average Bonchev–Trinajstić information content (AvgIpc) is 2.37. The molecule has 0 spiro atoms. The molecule has 0 nitrogen and oxygen atoms in total. The summed E-state index contributed by atoms with van der Waals surface area (Å²) in [5.74, 6) is 0. The summed E-state index contributed by atoms with van der Waals surface area (Å²) in [5.41, 5.74) is 2.72. The van der Waals surface area contributed by atoms with Gasteiger partial charge < -0.3 is 12.4 Å². The molecule has 0 unspecified atom stereocenters. The van der Waals surface area contributed by atoms with E-state index in [9.17, 15) is 0 Å².